The number of hydrogen-bond donors (Lipinski definition) is 5. The fourth-order valence-electron chi connectivity index (χ4n) is 2.55. The van der Waals surface area contributed by atoms with Gasteiger partial charge in [0.25, 0.3) is 5.56 Å². The number of carboxylic acid groups (broad SMARTS) is 1. The number of benzene rings is 1. The predicted molar refractivity (Wildman–Crippen MR) is 114 cm³/mol. The molecule has 3 aromatic rings. The standard InChI is InChI=1S/C18H14Cl2N4O5S/c19-9-2-1-3-10(20)8(9)4-6-21-18(29)22-11-5-7-30-14(11)15-23-12(17(27)28)13(25)16(26)24-15/h1-3,5,7,25H,4,6H2,(H,27,28)(H2,21,22,29)(H,23,24,26). The fourth-order valence-corrected chi connectivity index (χ4v) is 3.93. The number of amides is 2. The molecule has 3 rings (SSSR count). The van der Waals surface area contributed by atoms with E-state index in [0.29, 0.717) is 32.6 Å². The Bertz CT molecular complexity index is 1160. The van der Waals surface area contributed by atoms with E-state index in [1.165, 1.54) is 0 Å². The molecule has 0 saturated carbocycles. The second kappa shape index (κ2) is 9.16. The van der Waals surface area contributed by atoms with E-state index >= 15 is 0 Å². The molecule has 2 amide bonds. The van der Waals surface area contributed by atoms with E-state index < -0.39 is 29.0 Å². The second-order valence-corrected chi connectivity index (χ2v) is 7.64. The van der Waals surface area contributed by atoms with Gasteiger partial charge in [-0.1, -0.05) is 29.3 Å². The summed E-state index contributed by atoms with van der Waals surface area (Å²) >= 11 is 13.3. The largest absolute Gasteiger partial charge is 0.501 e. The Labute approximate surface area is 183 Å². The van der Waals surface area contributed by atoms with Crippen LogP contribution in [0, 0.1) is 0 Å². The molecule has 0 aliphatic rings. The van der Waals surface area contributed by atoms with Crippen molar-refractivity contribution in [1.82, 2.24) is 15.3 Å². The number of aromatic amines is 1. The zero-order valence-electron chi connectivity index (χ0n) is 15.0. The van der Waals surface area contributed by atoms with Crippen LogP contribution in [-0.4, -0.2) is 38.7 Å². The summed E-state index contributed by atoms with van der Waals surface area (Å²) < 4.78 is 0. The molecule has 156 valence electrons. The van der Waals surface area contributed by atoms with Crippen molar-refractivity contribution in [3.8, 4) is 16.5 Å². The van der Waals surface area contributed by atoms with Crippen LogP contribution in [0.3, 0.4) is 0 Å². The van der Waals surface area contributed by atoms with Crippen molar-refractivity contribution in [2.75, 3.05) is 11.9 Å². The van der Waals surface area contributed by atoms with Crippen molar-refractivity contribution in [3.63, 3.8) is 0 Å². The van der Waals surface area contributed by atoms with Crippen molar-refractivity contribution < 1.29 is 19.8 Å². The lowest BCUT2D eigenvalue weighted by Crippen LogP contribution is -2.30. The lowest BCUT2D eigenvalue weighted by Gasteiger charge is -2.10. The SMILES string of the molecule is O=C(NCCc1c(Cl)cccc1Cl)Nc1ccsc1-c1nc(C(=O)O)c(O)c(=O)[nH]1. The summed E-state index contributed by atoms with van der Waals surface area (Å²) in [4.78, 5) is 41.6. The first-order valence-electron chi connectivity index (χ1n) is 8.40. The Hall–Kier alpha value is -3.08. The van der Waals surface area contributed by atoms with Gasteiger partial charge in [0.05, 0.1) is 10.6 Å². The minimum absolute atomic E-state index is 0.0941. The van der Waals surface area contributed by atoms with E-state index in [4.69, 9.17) is 28.3 Å². The van der Waals surface area contributed by atoms with Crippen LogP contribution in [0.2, 0.25) is 10.0 Å². The average molecular weight is 469 g/mol. The molecule has 0 bridgehead atoms. The Kier molecular flexibility index (Phi) is 6.60. The summed E-state index contributed by atoms with van der Waals surface area (Å²) in [5.74, 6) is -2.64. The monoisotopic (exact) mass is 468 g/mol. The number of carboxylic acids is 1. The molecule has 1 aromatic carbocycles. The van der Waals surface area contributed by atoms with Gasteiger partial charge in [-0.2, -0.15) is 0 Å². The summed E-state index contributed by atoms with van der Waals surface area (Å²) in [6.45, 7) is 0.256. The topological polar surface area (TPSA) is 144 Å². The van der Waals surface area contributed by atoms with E-state index in [1.807, 2.05) is 0 Å². The van der Waals surface area contributed by atoms with Gasteiger partial charge in [0.2, 0.25) is 5.75 Å². The molecule has 0 aliphatic heterocycles. The molecular weight excluding hydrogens is 455 g/mol. The van der Waals surface area contributed by atoms with Crippen molar-refractivity contribution in [2.45, 2.75) is 6.42 Å². The minimum Gasteiger partial charge on any atom is -0.501 e. The molecular formula is C18H14Cl2N4O5S. The molecule has 2 aromatic heterocycles. The number of aromatic carboxylic acids is 1. The third-order valence-corrected chi connectivity index (χ3v) is 5.58. The summed E-state index contributed by atoms with van der Waals surface area (Å²) in [5.41, 5.74) is -0.769. The highest BCUT2D eigenvalue weighted by Gasteiger charge is 2.20. The number of aromatic nitrogens is 2. The Morgan fingerprint density at radius 2 is 1.90 bits per heavy atom. The molecule has 0 atom stereocenters. The van der Waals surface area contributed by atoms with Crippen LogP contribution in [0.4, 0.5) is 10.5 Å². The van der Waals surface area contributed by atoms with E-state index in [1.54, 1.807) is 29.6 Å². The molecule has 0 radical (unpaired) electrons. The van der Waals surface area contributed by atoms with Crippen molar-refractivity contribution in [3.05, 3.63) is 61.3 Å². The van der Waals surface area contributed by atoms with Gasteiger partial charge >= 0.3 is 12.0 Å². The maximum absolute atomic E-state index is 12.2. The predicted octanol–water partition coefficient (Wildman–Crippen LogP) is 3.57. The zero-order valence-corrected chi connectivity index (χ0v) is 17.4. The van der Waals surface area contributed by atoms with Gasteiger partial charge in [0.15, 0.2) is 11.5 Å². The first-order chi connectivity index (χ1) is 14.3. The molecule has 0 aliphatic carbocycles. The number of anilines is 1. The van der Waals surface area contributed by atoms with Crippen LogP contribution in [0.5, 0.6) is 5.75 Å². The Morgan fingerprint density at radius 1 is 1.20 bits per heavy atom. The highest BCUT2D eigenvalue weighted by Crippen LogP contribution is 2.31. The van der Waals surface area contributed by atoms with Crippen LogP contribution >= 0.6 is 34.5 Å². The molecule has 0 fully saturated rings. The van der Waals surface area contributed by atoms with Gasteiger partial charge in [-0.25, -0.2) is 14.6 Å². The molecule has 0 spiro atoms. The number of carbonyl (C=O) groups excluding carboxylic acids is 1. The smallest absolute Gasteiger partial charge is 0.358 e. The molecule has 2 heterocycles. The molecule has 12 heteroatoms. The minimum atomic E-state index is -1.55. The number of urea groups is 1. The number of nitrogens with one attached hydrogen (secondary N) is 3. The molecule has 0 unspecified atom stereocenters. The normalized spacial score (nSPS) is 10.6. The summed E-state index contributed by atoms with van der Waals surface area (Å²) in [6, 6.07) is 6.17. The van der Waals surface area contributed by atoms with E-state index in [9.17, 15) is 19.5 Å². The number of aromatic hydroxyl groups is 1. The molecule has 0 saturated heterocycles. The van der Waals surface area contributed by atoms with Crippen molar-refractivity contribution in [1.29, 1.82) is 0 Å². The fraction of sp³-hybridized carbons (Fsp3) is 0.111. The lowest BCUT2D eigenvalue weighted by atomic mass is 10.1. The van der Waals surface area contributed by atoms with Crippen LogP contribution in [0.25, 0.3) is 10.7 Å². The Balaban J connectivity index is 1.71. The van der Waals surface area contributed by atoms with Gasteiger partial charge < -0.3 is 25.8 Å². The Morgan fingerprint density at radius 3 is 2.57 bits per heavy atom. The zero-order chi connectivity index (χ0) is 21.8. The number of hydrogen-bond acceptors (Lipinski definition) is 6. The van der Waals surface area contributed by atoms with Gasteiger partial charge in [0, 0.05) is 16.6 Å². The van der Waals surface area contributed by atoms with Gasteiger partial charge in [0.1, 0.15) is 0 Å². The number of thiophene rings is 1. The first-order valence-corrected chi connectivity index (χ1v) is 10.0. The van der Waals surface area contributed by atoms with Crippen LogP contribution < -0.4 is 16.2 Å². The summed E-state index contributed by atoms with van der Waals surface area (Å²) in [5, 5.41) is 26.5. The van der Waals surface area contributed by atoms with E-state index in [-0.39, 0.29) is 12.4 Å². The van der Waals surface area contributed by atoms with Crippen LogP contribution in [0.15, 0.2) is 34.4 Å². The maximum atomic E-state index is 12.2. The third kappa shape index (κ3) is 4.73. The van der Waals surface area contributed by atoms with E-state index in [2.05, 4.69) is 20.6 Å². The number of carbonyl (C=O) groups is 2. The first kappa shape index (κ1) is 21.6. The average Bonchev–Trinajstić information content (AvgIpc) is 3.14. The van der Waals surface area contributed by atoms with Gasteiger partial charge in [-0.3, -0.25) is 4.79 Å². The van der Waals surface area contributed by atoms with Crippen molar-refractivity contribution >= 4 is 52.2 Å². The second-order valence-electron chi connectivity index (χ2n) is 5.91. The molecule has 9 nitrogen and oxygen atoms in total. The highest BCUT2D eigenvalue weighted by atomic mass is 35.5. The number of nitrogens with zero attached hydrogens (tertiary/aromatic N) is 1. The third-order valence-electron chi connectivity index (χ3n) is 3.95. The quantitative estimate of drug-likeness (QED) is 0.373. The number of rotatable bonds is 6. The lowest BCUT2D eigenvalue weighted by molar-refractivity contribution is 0.0686. The van der Waals surface area contributed by atoms with Crippen LogP contribution in [-0.2, 0) is 6.42 Å². The van der Waals surface area contributed by atoms with E-state index in [0.717, 1.165) is 11.3 Å². The summed E-state index contributed by atoms with van der Waals surface area (Å²) in [6.07, 6.45) is 0.414. The van der Waals surface area contributed by atoms with Crippen molar-refractivity contribution in [2.24, 2.45) is 0 Å². The highest BCUT2D eigenvalue weighted by molar-refractivity contribution is 7.14. The molecule has 30 heavy (non-hydrogen) atoms. The van der Waals surface area contributed by atoms with Gasteiger partial charge in [-0.15, -0.1) is 11.3 Å². The number of H-pyrrole nitrogens is 1. The number of halogens is 2. The molecule has 5 N–H and O–H groups in total. The summed E-state index contributed by atoms with van der Waals surface area (Å²) in [7, 11) is 0. The van der Waals surface area contributed by atoms with Gasteiger partial charge in [-0.05, 0) is 35.6 Å². The van der Waals surface area contributed by atoms with Crippen LogP contribution in [0.1, 0.15) is 16.1 Å². The maximum Gasteiger partial charge on any atom is 0.358 e.